The van der Waals surface area contributed by atoms with E-state index in [1.54, 1.807) is 31.2 Å². The summed E-state index contributed by atoms with van der Waals surface area (Å²) in [7, 11) is 0. The second-order valence-corrected chi connectivity index (χ2v) is 5.76. The van der Waals surface area contributed by atoms with E-state index in [0.29, 0.717) is 10.8 Å². The third-order valence-electron chi connectivity index (χ3n) is 3.79. The Kier molecular flexibility index (Phi) is 4.93. The number of likely N-dealkylation sites (tertiary alicyclic amines) is 1. The smallest absolute Gasteiger partial charge is 0.335 e. The molecule has 0 aliphatic carbocycles. The Morgan fingerprint density at radius 1 is 1.32 bits per heavy atom. The molecule has 22 heavy (non-hydrogen) atoms. The first kappa shape index (κ1) is 16.6. The molecule has 1 aliphatic rings. The molecular weight excluding hydrogens is 310 g/mol. The SMILES string of the molecule is CC(Oc1ccccc1Cl)C(=O)N1CCC(O)(C(=O)O)CC1. The number of hydrogen-bond donors (Lipinski definition) is 2. The fourth-order valence-electron chi connectivity index (χ4n) is 2.35. The van der Waals surface area contributed by atoms with Crippen molar-refractivity contribution in [2.75, 3.05) is 13.1 Å². The maximum atomic E-state index is 12.3. The molecule has 1 aliphatic heterocycles. The van der Waals surface area contributed by atoms with Gasteiger partial charge in [-0.15, -0.1) is 0 Å². The van der Waals surface area contributed by atoms with E-state index in [4.69, 9.17) is 21.4 Å². The van der Waals surface area contributed by atoms with Gasteiger partial charge in [0.05, 0.1) is 5.02 Å². The van der Waals surface area contributed by atoms with Crippen LogP contribution in [-0.4, -0.2) is 51.8 Å². The summed E-state index contributed by atoms with van der Waals surface area (Å²) in [5, 5.41) is 19.3. The largest absolute Gasteiger partial charge is 0.479 e. The lowest BCUT2D eigenvalue weighted by Gasteiger charge is -2.36. The van der Waals surface area contributed by atoms with E-state index < -0.39 is 17.7 Å². The number of nitrogens with zero attached hydrogens (tertiary/aromatic N) is 1. The van der Waals surface area contributed by atoms with Crippen LogP contribution in [-0.2, 0) is 9.59 Å². The highest BCUT2D eigenvalue weighted by molar-refractivity contribution is 6.32. The third-order valence-corrected chi connectivity index (χ3v) is 4.10. The average molecular weight is 328 g/mol. The number of piperidine rings is 1. The van der Waals surface area contributed by atoms with Crippen LogP contribution in [0, 0.1) is 0 Å². The zero-order chi connectivity index (χ0) is 16.3. The summed E-state index contributed by atoms with van der Waals surface area (Å²) in [6.45, 7) is 1.97. The molecule has 120 valence electrons. The number of amides is 1. The van der Waals surface area contributed by atoms with E-state index in [2.05, 4.69) is 0 Å². The van der Waals surface area contributed by atoms with E-state index in [-0.39, 0.29) is 31.8 Å². The summed E-state index contributed by atoms with van der Waals surface area (Å²) in [5.74, 6) is -1.09. The van der Waals surface area contributed by atoms with Crippen molar-refractivity contribution in [2.45, 2.75) is 31.5 Å². The van der Waals surface area contributed by atoms with E-state index in [9.17, 15) is 14.7 Å². The summed E-state index contributed by atoms with van der Waals surface area (Å²) < 4.78 is 5.56. The van der Waals surface area contributed by atoms with Crippen LogP contribution in [0.5, 0.6) is 5.75 Å². The highest BCUT2D eigenvalue weighted by atomic mass is 35.5. The summed E-state index contributed by atoms with van der Waals surface area (Å²) in [6, 6.07) is 6.86. The number of hydrogen-bond acceptors (Lipinski definition) is 4. The number of aliphatic carboxylic acids is 1. The lowest BCUT2D eigenvalue weighted by molar-refractivity contribution is -0.166. The summed E-state index contributed by atoms with van der Waals surface area (Å²) in [4.78, 5) is 24.8. The molecule has 1 unspecified atom stereocenters. The number of ether oxygens (including phenoxy) is 1. The predicted octanol–water partition coefficient (Wildman–Crippen LogP) is 1.55. The first-order valence-electron chi connectivity index (χ1n) is 6.99. The number of carbonyl (C=O) groups excluding carboxylic acids is 1. The van der Waals surface area contributed by atoms with Crippen molar-refractivity contribution in [1.82, 2.24) is 4.90 Å². The second kappa shape index (κ2) is 6.54. The quantitative estimate of drug-likeness (QED) is 0.876. The van der Waals surface area contributed by atoms with Crippen molar-refractivity contribution in [3.8, 4) is 5.75 Å². The highest BCUT2D eigenvalue weighted by Crippen LogP contribution is 2.26. The molecule has 0 radical (unpaired) electrons. The second-order valence-electron chi connectivity index (χ2n) is 5.35. The Balaban J connectivity index is 1.95. The van der Waals surface area contributed by atoms with Crippen molar-refractivity contribution in [3.05, 3.63) is 29.3 Å². The first-order chi connectivity index (χ1) is 10.3. The number of benzene rings is 1. The van der Waals surface area contributed by atoms with E-state index >= 15 is 0 Å². The monoisotopic (exact) mass is 327 g/mol. The predicted molar refractivity (Wildman–Crippen MR) is 79.9 cm³/mol. The normalized spacial score (nSPS) is 18.6. The summed E-state index contributed by atoms with van der Waals surface area (Å²) in [5.41, 5.74) is -1.75. The third kappa shape index (κ3) is 3.51. The van der Waals surface area contributed by atoms with Crippen LogP contribution in [0.3, 0.4) is 0 Å². The standard InChI is InChI=1S/C15H18ClNO5/c1-10(22-12-5-3-2-4-11(12)16)13(18)17-8-6-15(21,7-9-17)14(19)20/h2-5,10,21H,6-9H2,1H3,(H,19,20). The summed E-state index contributed by atoms with van der Waals surface area (Å²) in [6.07, 6.45) is -0.726. The van der Waals surface area contributed by atoms with Crippen LogP contribution in [0.15, 0.2) is 24.3 Å². The fraction of sp³-hybridized carbons (Fsp3) is 0.467. The van der Waals surface area contributed by atoms with Gasteiger partial charge in [-0.2, -0.15) is 0 Å². The van der Waals surface area contributed by atoms with Crippen LogP contribution in [0.25, 0.3) is 0 Å². The Morgan fingerprint density at radius 2 is 1.91 bits per heavy atom. The van der Waals surface area contributed by atoms with Crippen LogP contribution in [0.1, 0.15) is 19.8 Å². The van der Waals surface area contributed by atoms with Crippen molar-refractivity contribution < 1.29 is 24.5 Å². The number of carboxylic acids is 1. The van der Waals surface area contributed by atoms with Gasteiger partial charge in [-0.1, -0.05) is 23.7 Å². The number of carbonyl (C=O) groups is 2. The molecule has 1 aromatic rings. The maximum Gasteiger partial charge on any atom is 0.335 e. The van der Waals surface area contributed by atoms with Crippen molar-refractivity contribution in [2.24, 2.45) is 0 Å². The zero-order valence-electron chi connectivity index (χ0n) is 12.2. The number of rotatable bonds is 4. The van der Waals surface area contributed by atoms with Gasteiger partial charge in [0.2, 0.25) is 0 Å². The Morgan fingerprint density at radius 3 is 2.45 bits per heavy atom. The molecule has 1 saturated heterocycles. The van der Waals surface area contributed by atoms with Gasteiger partial charge >= 0.3 is 5.97 Å². The van der Waals surface area contributed by atoms with Crippen LogP contribution in [0.2, 0.25) is 5.02 Å². The maximum absolute atomic E-state index is 12.3. The lowest BCUT2D eigenvalue weighted by atomic mass is 9.91. The van der Waals surface area contributed by atoms with Crippen LogP contribution < -0.4 is 4.74 Å². The minimum atomic E-state index is -1.75. The molecule has 1 atom stereocenters. The van der Waals surface area contributed by atoms with Gasteiger partial charge in [0.25, 0.3) is 5.91 Å². The molecule has 6 nitrogen and oxygen atoms in total. The van der Waals surface area contributed by atoms with Gasteiger partial charge in [0.1, 0.15) is 5.75 Å². The Hall–Kier alpha value is -1.79. The van der Waals surface area contributed by atoms with Gasteiger partial charge in [-0.25, -0.2) is 4.79 Å². The molecule has 1 heterocycles. The number of aliphatic hydroxyl groups is 1. The molecule has 1 aromatic carbocycles. The molecule has 1 fully saturated rings. The summed E-state index contributed by atoms with van der Waals surface area (Å²) >= 11 is 5.98. The zero-order valence-corrected chi connectivity index (χ0v) is 12.9. The molecule has 7 heteroatoms. The van der Waals surface area contributed by atoms with Gasteiger partial charge in [0.15, 0.2) is 11.7 Å². The lowest BCUT2D eigenvalue weighted by Crippen LogP contribution is -2.53. The van der Waals surface area contributed by atoms with E-state index in [1.165, 1.54) is 4.90 Å². The van der Waals surface area contributed by atoms with Crippen molar-refractivity contribution >= 4 is 23.5 Å². The van der Waals surface area contributed by atoms with Crippen LogP contribution >= 0.6 is 11.6 Å². The fourth-order valence-corrected chi connectivity index (χ4v) is 2.53. The van der Waals surface area contributed by atoms with Crippen molar-refractivity contribution in [1.29, 1.82) is 0 Å². The van der Waals surface area contributed by atoms with E-state index in [0.717, 1.165) is 0 Å². The van der Waals surface area contributed by atoms with Gasteiger partial charge in [-0.3, -0.25) is 4.79 Å². The van der Waals surface area contributed by atoms with Gasteiger partial charge in [-0.05, 0) is 19.1 Å². The number of halogens is 1. The molecule has 2 N–H and O–H groups in total. The highest BCUT2D eigenvalue weighted by Gasteiger charge is 2.41. The Labute approximate surface area is 133 Å². The Bertz CT molecular complexity index is 569. The number of carboxylic acid groups (broad SMARTS) is 1. The molecule has 0 aromatic heterocycles. The molecule has 0 bridgehead atoms. The minimum Gasteiger partial charge on any atom is -0.479 e. The average Bonchev–Trinajstić information content (AvgIpc) is 2.49. The number of para-hydroxylation sites is 1. The minimum absolute atomic E-state index is 0.00683. The molecular formula is C15H18ClNO5. The van der Waals surface area contributed by atoms with E-state index in [1.807, 2.05) is 0 Å². The molecule has 0 spiro atoms. The van der Waals surface area contributed by atoms with Crippen molar-refractivity contribution in [3.63, 3.8) is 0 Å². The molecule has 2 rings (SSSR count). The van der Waals surface area contributed by atoms with Gasteiger partial charge < -0.3 is 19.8 Å². The first-order valence-corrected chi connectivity index (χ1v) is 7.37. The van der Waals surface area contributed by atoms with Gasteiger partial charge in [0, 0.05) is 25.9 Å². The van der Waals surface area contributed by atoms with Crippen LogP contribution in [0.4, 0.5) is 0 Å². The molecule has 0 saturated carbocycles. The topological polar surface area (TPSA) is 87.1 Å². The molecule has 1 amide bonds.